The zero-order valence-electron chi connectivity index (χ0n) is 35.1. The molecule has 0 aromatic heterocycles. The van der Waals surface area contributed by atoms with E-state index >= 15 is 0 Å². The van der Waals surface area contributed by atoms with Gasteiger partial charge in [0.05, 0.1) is 13.2 Å². The summed E-state index contributed by atoms with van der Waals surface area (Å²) in [6.07, 6.45) is 57.9. The van der Waals surface area contributed by atoms with Crippen LogP contribution < -0.4 is 0 Å². The van der Waals surface area contributed by atoms with Crippen LogP contribution >= 0.6 is 0 Å². The number of aliphatic hydroxyl groups excluding tert-OH is 1. The molecular weight excluding hydrogens is 641 g/mol. The maximum Gasteiger partial charge on any atom is 0.306 e. The Morgan fingerprint density at radius 2 is 0.808 bits per heavy atom. The van der Waals surface area contributed by atoms with E-state index in [1.54, 1.807) is 0 Å². The summed E-state index contributed by atoms with van der Waals surface area (Å²) in [5.41, 5.74) is 0. The van der Waals surface area contributed by atoms with Crippen molar-refractivity contribution in [1.29, 1.82) is 0 Å². The van der Waals surface area contributed by atoms with Crippen molar-refractivity contribution in [1.82, 2.24) is 0 Å². The molecule has 0 saturated carbocycles. The number of carbonyl (C=O) groups excluding carboxylic acids is 1. The topological polar surface area (TPSA) is 55.8 Å². The molecule has 0 aromatic rings. The van der Waals surface area contributed by atoms with Crippen molar-refractivity contribution in [2.75, 3.05) is 19.8 Å². The minimum atomic E-state index is -0.538. The van der Waals surface area contributed by atoms with Crippen LogP contribution in [0.1, 0.15) is 239 Å². The SMILES string of the molecule is CCCCCCC/C=C\C/C=C\CCCCCCCCCCCCCCOCC(CO)OC(=O)CCCCCCC/C=C\CCCCCCCCC. The fourth-order valence-electron chi connectivity index (χ4n) is 6.71. The van der Waals surface area contributed by atoms with Crippen LogP contribution in [-0.2, 0) is 14.3 Å². The molecule has 0 fully saturated rings. The van der Waals surface area contributed by atoms with Crippen molar-refractivity contribution >= 4 is 5.97 Å². The lowest BCUT2D eigenvalue weighted by molar-refractivity contribution is -0.154. The molecule has 1 atom stereocenters. The minimum absolute atomic E-state index is 0.174. The van der Waals surface area contributed by atoms with E-state index in [1.165, 1.54) is 193 Å². The Labute approximate surface area is 325 Å². The molecule has 0 rings (SSSR count). The van der Waals surface area contributed by atoms with E-state index in [1.807, 2.05) is 0 Å². The molecule has 1 unspecified atom stereocenters. The van der Waals surface area contributed by atoms with Crippen LogP contribution in [-0.4, -0.2) is 37.0 Å². The van der Waals surface area contributed by atoms with Gasteiger partial charge in [0.1, 0.15) is 6.10 Å². The van der Waals surface area contributed by atoms with E-state index in [2.05, 4.69) is 50.3 Å². The van der Waals surface area contributed by atoms with E-state index in [0.29, 0.717) is 19.6 Å². The molecule has 0 amide bonds. The smallest absolute Gasteiger partial charge is 0.306 e. The van der Waals surface area contributed by atoms with Gasteiger partial charge in [0.2, 0.25) is 0 Å². The number of unbranched alkanes of at least 4 members (excludes halogenated alkanes) is 29. The van der Waals surface area contributed by atoms with Crippen molar-refractivity contribution in [3.63, 3.8) is 0 Å². The van der Waals surface area contributed by atoms with Gasteiger partial charge in [-0.2, -0.15) is 0 Å². The summed E-state index contributed by atoms with van der Waals surface area (Å²) in [6.45, 7) is 5.35. The molecule has 0 spiro atoms. The van der Waals surface area contributed by atoms with E-state index < -0.39 is 6.10 Å². The third-order valence-electron chi connectivity index (χ3n) is 10.2. The van der Waals surface area contributed by atoms with Gasteiger partial charge in [-0.05, 0) is 70.6 Å². The number of carbonyl (C=O) groups is 1. The van der Waals surface area contributed by atoms with Crippen molar-refractivity contribution in [2.45, 2.75) is 245 Å². The van der Waals surface area contributed by atoms with Gasteiger partial charge in [-0.1, -0.05) is 198 Å². The highest BCUT2D eigenvalue weighted by molar-refractivity contribution is 5.69. The maximum absolute atomic E-state index is 12.2. The lowest BCUT2D eigenvalue weighted by Gasteiger charge is -2.15. The molecule has 0 aliphatic carbocycles. The Kier molecular flexibility index (Phi) is 44.5. The van der Waals surface area contributed by atoms with Gasteiger partial charge < -0.3 is 14.6 Å². The third-order valence-corrected chi connectivity index (χ3v) is 10.2. The predicted molar refractivity (Wildman–Crippen MR) is 228 cm³/mol. The van der Waals surface area contributed by atoms with Crippen molar-refractivity contribution in [3.05, 3.63) is 36.5 Å². The lowest BCUT2D eigenvalue weighted by atomic mass is 10.0. The highest BCUT2D eigenvalue weighted by Gasteiger charge is 2.13. The van der Waals surface area contributed by atoms with E-state index in [9.17, 15) is 9.90 Å². The quantitative estimate of drug-likeness (QED) is 0.0385. The van der Waals surface area contributed by atoms with Gasteiger partial charge in [-0.25, -0.2) is 0 Å². The summed E-state index contributed by atoms with van der Waals surface area (Å²) in [4.78, 5) is 12.2. The average molecular weight is 731 g/mol. The van der Waals surface area contributed by atoms with Crippen molar-refractivity contribution < 1.29 is 19.4 Å². The number of hydrogen-bond acceptors (Lipinski definition) is 4. The first-order chi connectivity index (χ1) is 25.7. The second-order valence-corrected chi connectivity index (χ2v) is 15.5. The molecule has 0 heterocycles. The van der Waals surface area contributed by atoms with Crippen LogP contribution in [0.5, 0.6) is 0 Å². The molecule has 52 heavy (non-hydrogen) atoms. The van der Waals surface area contributed by atoms with E-state index in [4.69, 9.17) is 9.47 Å². The number of hydrogen-bond donors (Lipinski definition) is 1. The second kappa shape index (κ2) is 45.8. The molecule has 1 N–H and O–H groups in total. The monoisotopic (exact) mass is 731 g/mol. The summed E-state index contributed by atoms with van der Waals surface area (Å²) in [6, 6.07) is 0. The molecule has 0 saturated heterocycles. The minimum Gasteiger partial charge on any atom is -0.457 e. The normalized spacial score (nSPS) is 12.6. The first-order valence-electron chi connectivity index (χ1n) is 23.1. The Morgan fingerprint density at radius 1 is 0.462 bits per heavy atom. The predicted octanol–water partition coefficient (Wildman–Crippen LogP) is 15.3. The molecule has 4 heteroatoms. The van der Waals surface area contributed by atoms with Crippen LogP contribution in [0.15, 0.2) is 36.5 Å². The largest absolute Gasteiger partial charge is 0.457 e. The second-order valence-electron chi connectivity index (χ2n) is 15.5. The average Bonchev–Trinajstić information content (AvgIpc) is 3.15. The van der Waals surface area contributed by atoms with Gasteiger partial charge in [0, 0.05) is 13.0 Å². The molecule has 0 radical (unpaired) electrons. The Balaban J connectivity index is 3.40. The number of rotatable bonds is 43. The Bertz CT molecular complexity index is 772. The molecule has 4 nitrogen and oxygen atoms in total. The fraction of sp³-hybridized carbons (Fsp3) is 0.854. The molecule has 0 aliphatic rings. The lowest BCUT2D eigenvalue weighted by Crippen LogP contribution is -2.27. The van der Waals surface area contributed by atoms with Crippen LogP contribution in [0.25, 0.3) is 0 Å². The van der Waals surface area contributed by atoms with Crippen LogP contribution in [0.3, 0.4) is 0 Å². The number of aliphatic hydroxyl groups is 1. The van der Waals surface area contributed by atoms with Crippen LogP contribution in [0, 0.1) is 0 Å². The van der Waals surface area contributed by atoms with Crippen molar-refractivity contribution in [3.8, 4) is 0 Å². The Hall–Kier alpha value is -1.39. The summed E-state index contributed by atoms with van der Waals surface area (Å²) in [5.74, 6) is -0.207. The summed E-state index contributed by atoms with van der Waals surface area (Å²) < 4.78 is 11.2. The van der Waals surface area contributed by atoms with Gasteiger partial charge in [-0.15, -0.1) is 0 Å². The molecule has 0 bridgehead atoms. The summed E-state index contributed by atoms with van der Waals surface area (Å²) in [7, 11) is 0. The highest BCUT2D eigenvalue weighted by Crippen LogP contribution is 2.14. The standard InChI is InChI=1S/C48H90O4/c1-3-5-7-9-11-13-15-17-19-21-22-23-24-25-26-27-28-30-32-34-36-38-40-42-44-51-46-47(45-49)52-48(50)43-41-39-37-35-33-31-29-20-18-16-14-12-10-8-6-4-2/h15,17,20-22,29,47,49H,3-14,16,18-19,23-28,30-46H2,1-2H3/b17-15-,22-21-,29-20-. The van der Waals surface area contributed by atoms with E-state index in [-0.39, 0.29) is 12.6 Å². The van der Waals surface area contributed by atoms with Gasteiger partial charge in [0.15, 0.2) is 0 Å². The zero-order chi connectivity index (χ0) is 37.7. The first-order valence-corrected chi connectivity index (χ1v) is 23.1. The van der Waals surface area contributed by atoms with Gasteiger partial charge in [-0.3, -0.25) is 4.79 Å². The fourth-order valence-corrected chi connectivity index (χ4v) is 6.71. The summed E-state index contributed by atoms with van der Waals surface area (Å²) in [5, 5.41) is 9.61. The van der Waals surface area contributed by atoms with Crippen LogP contribution in [0.4, 0.5) is 0 Å². The third kappa shape index (κ3) is 43.0. The van der Waals surface area contributed by atoms with Crippen LogP contribution in [0.2, 0.25) is 0 Å². The maximum atomic E-state index is 12.2. The summed E-state index contributed by atoms with van der Waals surface area (Å²) >= 11 is 0. The first kappa shape index (κ1) is 50.6. The van der Waals surface area contributed by atoms with Gasteiger partial charge >= 0.3 is 5.97 Å². The number of allylic oxidation sites excluding steroid dienone is 6. The molecular formula is C48H90O4. The molecule has 306 valence electrons. The number of ether oxygens (including phenoxy) is 2. The Morgan fingerprint density at radius 3 is 1.21 bits per heavy atom. The molecule has 0 aliphatic heterocycles. The van der Waals surface area contributed by atoms with Gasteiger partial charge in [0.25, 0.3) is 0 Å². The highest BCUT2D eigenvalue weighted by atomic mass is 16.6. The van der Waals surface area contributed by atoms with E-state index in [0.717, 1.165) is 25.7 Å². The molecule has 0 aromatic carbocycles. The van der Waals surface area contributed by atoms with Crippen molar-refractivity contribution in [2.24, 2.45) is 0 Å². The zero-order valence-corrected chi connectivity index (χ0v) is 35.1. The number of esters is 1.